The van der Waals surface area contributed by atoms with Crippen LogP contribution in [0.2, 0.25) is 0 Å². The van der Waals surface area contributed by atoms with Gasteiger partial charge in [0.15, 0.2) is 6.61 Å². The number of para-hydroxylation sites is 2. The van der Waals surface area contributed by atoms with Crippen molar-refractivity contribution in [2.75, 3.05) is 23.1 Å². The maximum Gasteiger partial charge on any atom is 0.339 e. The van der Waals surface area contributed by atoms with Gasteiger partial charge >= 0.3 is 5.97 Å². The molecule has 1 N–H and O–H groups in total. The van der Waals surface area contributed by atoms with Crippen molar-refractivity contribution in [1.82, 2.24) is 0 Å². The smallest absolute Gasteiger partial charge is 0.339 e. The summed E-state index contributed by atoms with van der Waals surface area (Å²) in [5.41, 5.74) is 1.25. The largest absolute Gasteiger partial charge is 0.452 e. The summed E-state index contributed by atoms with van der Waals surface area (Å²) in [6.07, 6.45) is 1.60. The summed E-state index contributed by atoms with van der Waals surface area (Å²) >= 11 is 0. The Morgan fingerprint density at radius 3 is 2.61 bits per heavy atom. The van der Waals surface area contributed by atoms with E-state index in [0.29, 0.717) is 16.3 Å². The van der Waals surface area contributed by atoms with Crippen LogP contribution in [-0.4, -0.2) is 40.9 Å². The minimum atomic E-state index is -1.36. The van der Waals surface area contributed by atoms with Crippen molar-refractivity contribution >= 4 is 40.0 Å². The molecule has 0 aliphatic carbocycles. The van der Waals surface area contributed by atoms with Gasteiger partial charge in [0.1, 0.15) is 0 Å². The van der Waals surface area contributed by atoms with Gasteiger partial charge in [0.05, 0.1) is 32.6 Å². The zero-order valence-electron chi connectivity index (χ0n) is 15.5. The zero-order valence-corrected chi connectivity index (χ0v) is 16.3. The third kappa shape index (κ3) is 4.12. The third-order valence-corrected chi connectivity index (χ3v) is 5.35. The van der Waals surface area contributed by atoms with Gasteiger partial charge in [-0.2, -0.15) is 0 Å². The van der Waals surface area contributed by atoms with Crippen LogP contribution >= 0.6 is 0 Å². The number of carbonyl (C=O) groups is 3. The van der Waals surface area contributed by atoms with Crippen molar-refractivity contribution in [2.24, 2.45) is 0 Å². The summed E-state index contributed by atoms with van der Waals surface area (Å²) in [4.78, 5) is 39.1. The van der Waals surface area contributed by atoms with Gasteiger partial charge in [0, 0.05) is 18.7 Å². The van der Waals surface area contributed by atoms with Crippen LogP contribution in [-0.2, 0) is 25.1 Å². The standard InChI is InChI=1S/C20H20N2O5S/c1-13-11-18(23)21-15-8-4-5-9-16(15)22(13)19(24)12-27-20(25)14-7-3-6-10-17(14)28(2)26/h3-10,13H,11-12H2,1-2H3,(H,21,23)/t13-,28-/m0/s1. The van der Waals surface area contributed by atoms with Crippen LogP contribution < -0.4 is 10.2 Å². The van der Waals surface area contributed by atoms with Crippen molar-refractivity contribution in [2.45, 2.75) is 24.3 Å². The van der Waals surface area contributed by atoms with Crippen molar-refractivity contribution in [3.05, 3.63) is 54.1 Å². The lowest BCUT2D eigenvalue weighted by Crippen LogP contribution is -2.41. The van der Waals surface area contributed by atoms with Crippen molar-refractivity contribution in [1.29, 1.82) is 0 Å². The van der Waals surface area contributed by atoms with E-state index in [1.165, 1.54) is 17.2 Å². The molecule has 1 heterocycles. The molecule has 7 nitrogen and oxygen atoms in total. The first-order valence-corrected chi connectivity index (χ1v) is 10.2. The first kappa shape index (κ1) is 19.8. The number of ether oxygens (including phenoxy) is 1. The number of carbonyl (C=O) groups excluding carboxylic acids is 3. The number of anilines is 2. The van der Waals surface area contributed by atoms with E-state index in [1.54, 1.807) is 49.4 Å². The number of fused-ring (bicyclic) bond motifs is 1. The highest BCUT2D eigenvalue weighted by Gasteiger charge is 2.30. The topological polar surface area (TPSA) is 92.8 Å². The SMILES string of the molecule is C[C@H]1CC(=O)Nc2ccccc2N1C(=O)COC(=O)c1ccccc1[S@](C)=O. The molecule has 0 aromatic heterocycles. The highest BCUT2D eigenvalue weighted by atomic mass is 32.2. The van der Waals surface area contributed by atoms with Crippen molar-refractivity contribution < 1.29 is 23.3 Å². The minimum absolute atomic E-state index is 0.131. The molecule has 146 valence electrons. The zero-order chi connectivity index (χ0) is 20.3. The molecule has 2 amide bonds. The molecule has 0 saturated heterocycles. The first-order chi connectivity index (χ1) is 13.4. The van der Waals surface area contributed by atoms with Gasteiger partial charge in [0.2, 0.25) is 5.91 Å². The molecule has 3 rings (SSSR count). The van der Waals surface area contributed by atoms with Crippen LogP contribution in [0, 0.1) is 0 Å². The van der Waals surface area contributed by atoms with Crippen LogP contribution in [0.3, 0.4) is 0 Å². The predicted octanol–water partition coefficient (Wildman–Crippen LogP) is 2.34. The van der Waals surface area contributed by atoms with Crippen molar-refractivity contribution in [3.8, 4) is 0 Å². The van der Waals surface area contributed by atoms with Crippen LogP contribution in [0.15, 0.2) is 53.4 Å². The summed E-state index contributed by atoms with van der Waals surface area (Å²) in [6.45, 7) is 1.27. The molecule has 2 aromatic rings. The Bertz CT molecular complexity index is 959. The summed E-state index contributed by atoms with van der Waals surface area (Å²) in [5.74, 6) is -1.35. The lowest BCUT2D eigenvalue weighted by molar-refractivity contribution is -0.122. The number of benzene rings is 2. The van der Waals surface area contributed by atoms with E-state index in [-0.39, 0.29) is 17.9 Å². The Morgan fingerprint density at radius 1 is 1.18 bits per heavy atom. The van der Waals surface area contributed by atoms with Crippen molar-refractivity contribution in [3.63, 3.8) is 0 Å². The molecule has 28 heavy (non-hydrogen) atoms. The molecule has 2 aromatic carbocycles. The molecule has 1 aliphatic heterocycles. The Balaban J connectivity index is 1.79. The lowest BCUT2D eigenvalue weighted by Gasteiger charge is -2.27. The Morgan fingerprint density at radius 2 is 1.86 bits per heavy atom. The minimum Gasteiger partial charge on any atom is -0.452 e. The summed E-state index contributed by atoms with van der Waals surface area (Å²) in [7, 11) is -1.36. The quantitative estimate of drug-likeness (QED) is 0.796. The Labute approximate surface area is 165 Å². The third-order valence-electron chi connectivity index (χ3n) is 4.37. The van der Waals surface area contributed by atoms with E-state index < -0.39 is 35.3 Å². The number of nitrogens with zero attached hydrogens (tertiary/aromatic N) is 1. The van der Waals surface area contributed by atoms with E-state index in [1.807, 2.05) is 0 Å². The van der Waals surface area contributed by atoms with E-state index in [0.717, 1.165) is 0 Å². The summed E-state index contributed by atoms with van der Waals surface area (Å²) < 4.78 is 17.0. The van der Waals surface area contributed by atoms with Gasteiger partial charge in [-0.15, -0.1) is 0 Å². The molecule has 0 radical (unpaired) electrons. The van der Waals surface area contributed by atoms with Crippen LogP contribution in [0.25, 0.3) is 0 Å². The van der Waals surface area contributed by atoms with Gasteiger partial charge in [0.25, 0.3) is 5.91 Å². The number of rotatable bonds is 4. The average molecular weight is 400 g/mol. The van der Waals surface area contributed by atoms with E-state index in [2.05, 4.69) is 5.32 Å². The number of hydrogen-bond acceptors (Lipinski definition) is 5. The van der Waals surface area contributed by atoms with Gasteiger partial charge in [-0.05, 0) is 31.2 Å². The van der Waals surface area contributed by atoms with Gasteiger partial charge < -0.3 is 15.0 Å². The molecule has 8 heteroatoms. The molecule has 1 aliphatic rings. The molecule has 0 unspecified atom stereocenters. The van der Waals surface area contributed by atoms with Crippen LogP contribution in [0.5, 0.6) is 0 Å². The fraction of sp³-hybridized carbons (Fsp3) is 0.250. The fourth-order valence-electron chi connectivity index (χ4n) is 3.13. The normalized spacial score (nSPS) is 17.1. The summed E-state index contributed by atoms with van der Waals surface area (Å²) in [6, 6.07) is 13.0. The van der Waals surface area contributed by atoms with Gasteiger partial charge in [-0.1, -0.05) is 24.3 Å². The second kappa shape index (κ2) is 8.35. The van der Waals surface area contributed by atoms with E-state index in [9.17, 15) is 18.6 Å². The maximum absolute atomic E-state index is 12.8. The molecule has 0 bridgehead atoms. The second-order valence-corrected chi connectivity index (χ2v) is 7.76. The number of hydrogen-bond donors (Lipinski definition) is 1. The van der Waals surface area contributed by atoms with E-state index >= 15 is 0 Å². The summed E-state index contributed by atoms with van der Waals surface area (Å²) in [5, 5.41) is 2.77. The maximum atomic E-state index is 12.8. The monoisotopic (exact) mass is 400 g/mol. The van der Waals surface area contributed by atoms with Crippen LogP contribution in [0.4, 0.5) is 11.4 Å². The molecular weight excluding hydrogens is 380 g/mol. The highest BCUT2D eigenvalue weighted by Crippen LogP contribution is 2.31. The first-order valence-electron chi connectivity index (χ1n) is 8.69. The molecular formula is C20H20N2O5S. The number of esters is 1. The van der Waals surface area contributed by atoms with E-state index in [4.69, 9.17) is 4.74 Å². The van der Waals surface area contributed by atoms with Gasteiger partial charge in [-0.25, -0.2) is 4.79 Å². The predicted molar refractivity (Wildman–Crippen MR) is 106 cm³/mol. The Kier molecular flexibility index (Phi) is 5.89. The number of amides is 2. The molecule has 0 spiro atoms. The van der Waals surface area contributed by atoms with Gasteiger partial charge in [-0.3, -0.25) is 13.8 Å². The average Bonchev–Trinajstić information content (AvgIpc) is 2.80. The number of nitrogens with one attached hydrogen (secondary N) is 1. The van der Waals surface area contributed by atoms with Crippen LogP contribution in [0.1, 0.15) is 23.7 Å². The molecule has 2 atom stereocenters. The highest BCUT2D eigenvalue weighted by molar-refractivity contribution is 7.84. The lowest BCUT2D eigenvalue weighted by atomic mass is 10.1. The Hall–Kier alpha value is -3.00. The molecule has 0 saturated carbocycles. The molecule has 0 fully saturated rings. The fourth-order valence-corrected chi connectivity index (χ4v) is 3.86. The second-order valence-electron chi connectivity index (χ2n) is 6.41.